The summed E-state index contributed by atoms with van der Waals surface area (Å²) in [6.45, 7) is 4.05. The summed E-state index contributed by atoms with van der Waals surface area (Å²) in [6.07, 6.45) is 8.64. The van der Waals surface area contributed by atoms with Crippen LogP contribution < -0.4 is 0 Å². The molecule has 1 aliphatic rings. The van der Waals surface area contributed by atoms with Gasteiger partial charge in [-0.25, -0.2) is 0 Å². The summed E-state index contributed by atoms with van der Waals surface area (Å²) < 4.78 is 31.8. The average molecular weight is 401 g/mol. The summed E-state index contributed by atoms with van der Waals surface area (Å²) in [4.78, 5) is 0.231. The zero-order chi connectivity index (χ0) is 20.0. The molecule has 1 atom stereocenters. The van der Waals surface area contributed by atoms with E-state index in [2.05, 4.69) is 13.0 Å². The van der Waals surface area contributed by atoms with Crippen molar-refractivity contribution in [1.29, 1.82) is 0 Å². The lowest BCUT2D eigenvalue weighted by atomic mass is 9.84. The SMILES string of the molecule is CCc1ccccc1[C@@H](CCC1CCCCC1)OS(=O)(=O)c1ccc(C)cc1. The van der Waals surface area contributed by atoms with Gasteiger partial charge >= 0.3 is 0 Å². The lowest BCUT2D eigenvalue weighted by molar-refractivity contribution is 0.182. The van der Waals surface area contributed by atoms with Gasteiger partial charge in [0.1, 0.15) is 6.10 Å². The Kier molecular flexibility index (Phi) is 7.30. The summed E-state index contributed by atoms with van der Waals surface area (Å²) in [7, 11) is -3.80. The van der Waals surface area contributed by atoms with Crippen LogP contribution >= 0.6 is 0 Å². The van der Waals surface area contributed by atoms with E-state index in [1.165, 1.54) is 32.1 Å². The van der Waals surface area contributed by atoms with E-state index in [1.54, 1.807) is 12.1 Å². The number of hydrogen-bond acceptors (Lipinski definition) is 3. The zero-order valence-electron chi connectivity index (χ0n) is 17.1. The van der Waals surface area contributed by atoms with Gasteiger partial charge < -0.3 is 0 Å². The first kappa shape index (κ1) is 21.1. The van der Waals surface area contributed by atoms with Crippen molar-refractivity contribution < 1.29 is 12.6 Å². The monoisotopic (exact) mass is 400 g/mol. The molecule has 0 heterocycles. The molecule has 0 saturated heterocycles. The van der Waals surface area contributed by atoms with Gasteiger partial charge in [0.2, 0.25) is 0 Å². The van der Waals surface area contributed by atoms with Crippen LogP contribution in [0.5, 0.6) is 0 Å². The van der Waals surface area contributed by atoms with E-state index in [0.29, 0.717) is 5.92 Å². The molecular formula is C24H32O3S. The molecular weight excluding hydrogens is 368 g/mol. The van der Waals surface area contributed by atoms with Gasteiger partial charge in [0.15, 0.2) is 0 Å². The molecule has 2 aromatic rings. The Bertz CT molecular complexity index is 850. The van der Waals surface area contributed by atoms with Crippen molar-refractivity contribution in [2.24, 2.45) is 5.92 Å². The smallest absolute Gasteiger partial charge is 0.258 e. The highest BCUT2D eigenvalue weighted by Gasteiger charge is 2.26. The number of aryl methyl sites for hydroxylation is 2. The van der Waals surface area contributed by atoms with Gasteiger partial charge in [-0.05, 0) is 55.4 Å². The van der Waals surface area contributed by atoms with Crippen LogP contribution in [0.3, 0.4) is 0 Å². The van der Waals surface area contributed by atoms with E-state index in [9.17, 15) is 8.42 Å². The minimum Gasteiger partial charge on any atom is -0.258 e. The Labute approximate surface area is 170 Å². The largest absolute Gasteiger partial charge is 0.297 e. The van der Waals surface area contributed by atoms with Gasteiger partial charge in [-0.2, -0.15) is 8.42 Å². The maximum absolute atomic E-state index is 13.0. The minimum absolute atomic E-state index is 0.231. The Balaban J connectivity index is 1.83. The number of benzene rings is 2. The zero-order valence-corrected chi connectivity index (χ0v) is 17.9. The molecule has 0 bridgehead atoms. The van der Waals surface area contributed by atoms with Crippen LogP contribution in [0.15, 0.2) is 53.4 Å². The van der Waals surface area contributed by atoms with Crippen molar-refractivity contribution in [3.63, 3.8) is 0 Å². The molecule has 3 nitrogen and oxygen atoms in total. The Morgan fingerprint density at radius 1 is 1.00 bits per heavy atom. The maximum Gasteiger partial charge on any atom is 0.297 e. The second kappa shape index (κ2) is 9.71. The van der Waals surface area contributed by atoms with Crippen LogP contribution in [-0.2, 0) is 20.7 Å². The Hall–Kier alpha value is -1.65. The Morgan fingerprint density at radius 2 is 1.68 bits per heavy atom. The van der Waals surface area contributed by atoms with E-state index in [1.807, 2.05) is 37.3 Å². The van der Waals surface area contributed by atoms with E-state index >= 15 is 0 Å². The molecule has 1 saturated carbocycles. The van der Waals surface area contributed by atoms with Crippen molar-refractivity contribution in [2.45, 2.75) is 76.2 Å². The summed E-state index contributed by atoms with van der Waals surface area (Å²) in [5.74, 6) is 0.690. The minimum atomic E-state index is -3.80. The van der Waals surface area contributed by atoms with Gasteiger partial charge in [-0.15, -0.1) is 0 Å². The molecule has 152 valence electrons. The summed E-state index contributed by atoms with van der Waals surface area (Å²) >= 11 is 0. The predicted octanol–water partition coefficient (Wildman–Crippen LogP) is 6.36. The van der Waals surface area contributed by atoms with Crippen LogP contribution in [0.1, 0.15) is 74.7 Å². The molecule has 0 unspecified atom stereocenters. The average Bonchev–Trinajstić information content (AvgIpc) is 2.72. The maximum atomic E-state index is 13.0. The summed E-state index contributed by atoms with van der Waals surface area (Å²) in [5.41, 5.74) is 3.20. The molecule has 1 fully saturated rings. The van der Waals surface area contributed by atoms with Crippen LogP contribution in [0.4, 0.5) is 0 Å². The lowest BCUT2D eigenvalue weighted by Crippen LogP contribution is -2.16. The van der Waals surface area contributed by atoms with Gasteiger partial charge in [-0.1, -0.05) is 81.0 Å². The number of hydrogen-bond donors (Lipinski definition) is 0. The first-order valence-electron chi connectivity index (χ1n) is 10.6. The third kappa shape index (κ3) is 5.45. The number of rotatable bonds is 8. The van der Waals surface area contributed by atoms with Gasteiger partial charge in [-0.3, -0.25) is 4.18 Å². The second-order valence-corrected chi connectivity index (χ2v) is 9.56. The van der Waals surface area contributed by atoms with Gasteiger partial charge in [0.25, 0.3) is 10.1 Å². The van der Waals surface area contributed by atoms with Crippen molar-refractivity contribution in [1.82, 2.24) is 0 Å². The highest BCUT2D eigenvalue weighted by atomic mass is 32.2. The lowest BCUT2D eigenvalue weighted by Gasteiger charge is -2.25. The van der Waals surface area contributed by atoms with E-state index < -0.39 is 16.2 Å². The van der Waals surface area contributed by atoms with Gasteiger partial charge in [0, 0.05) is 0 Å². The molecule has 0 aliphatic heterocycles. The summed E-state index contributed by atoms with van der Waals surface area (Å²) in [5, 5.41) is 0. The molecule has 4 heteroatoms. The first-order chi connectivity index (χ1) is 13.5. The molecule has 1 aliphatic carbocycles. The molecule has 0 amide bonds. The predicted molar refractivity (Wildman–Crippen MR) is 114 cm³/mol. The van der Waals surface area contributed by atoms with Crippen LogP contribution in [-0.4, -0.2) is 8.42 Å². The van der Waals surface area contributed by atoms with E-state index in [4.69, 9.17) is 4.18 Å². The quantitative estimate of drug-likeness (QED) is 0.484. The van der Waals surface area contributed by atoms with E-state index in [0.717, 1.165) is 36.0 Å². The van der Waals surface area contributed by atoms with E-state index in [-0.39, 0.29) is 4.90 Å². The topological polar surface area (TPSA) is 43.4 Å². The fourth-order valence-corrected chi connectivity index (χ4v) is 5.29. The molecule has 28 heavy (non-hydrogen) atoms. The standard InChI is InChI=1S/C24H32O3S/c1-3-21-11-7-8-12-23(21)24(18-15-20-9-5-4-6-10-20)27-28(25,26)22-16-13-19(2)14-17-22/h7-8,11-14,16-17,20,24H,3-6,9-10,15,18H2,1-2H3/t24-/m1/s1. The molecule has 0 aromatic heterocycles. The third-order valence-corrected chi connectivity index (χ3v) is 7.23. The van der Waals surface area contributed by atoms with Crippen molar-refractivity contribution >= 4 is 10.1 Å². The fourth-order valence-electron chi connectivity index (χ4n) is 4.20. The van der Waals surface area contributed by atoms with Crippen molar-refractivity contribution in [3.8, 4) is 0 Å². The van der Waals surface area contributed by atoms with Crippen LogP contribution in [0.25, 0.3) is 0 Å². The van der Waals surface area contributed by atoms with Crippen molar-refractivity contribution in [2.75, 3.05) is 0 Å². The first-order valence-corrected chi connectivity index (χ1v) is 12.0. The molecule has 3 rings (SSSR count). The molecule has 2 aromatic carbocycles. The molecule has 0 N–H and O–H groups in total. The highest BCUT2D eigenvalue weighted by Crippen LogP contribution is 2.35. The van der Waals surface area contributed by atoms with Crippen molar-refractivity contribution in [3.05, 3.63) is 65.2 Å². The third-order valence-electron chi connectivity index (χ3n) is 5.90. The summed E-state index contributed by atoms with van der Waals surface area (Å²) in [6, 6.07) is 15.0. The highest BCUT2D eigenvalue weighted by molar-refractivity contribution is 7.86. The fraction of sp³-hybridized carbons (Fsp3) is 0.500. The van der Waals surface area contributed by atoms with Gasteiger partial charge in [0.05, 0.1) is 4.90 Å². The second-order valence-electron chi connectivity index (χ2n) is 7.99. The van der Waals surface area contributed by atoms with Crippen LogP contribution in [0, 0.1) is 12.8 Å². The Morgan fingerprint density at radius 3 is 2.36 bits per heavy atom. The molecule has 0 radical (unpaired) electrons. The van der Waals surface area contributed by atoms with Crippen LogP contribution in [0.2, 0.25) is 0 Å². The normalized spacial score (nSPS) is 16.8. The molecule has 0 spiro atoms.